The van der Waals surface area contributed by atoms with E-state index in [1.807, 2.05) is 65.8 Å². The van der Waals surface area contributed by atoms with Crippen molar-refractivity contribution in [2.24, 2.45) is 29.6 Å². The zero-order chi connectivity index (χ0) is 70.2. The highest BCUT2D eigenvalue weighted by Crippen LogP contribution is 2.42. The van der Waals surface area contributed by atoms with E-state index in [-0.39, 0.29) is 117 Å². The first-order valence-electron chi connectivity index (χ1n) is 34.2. The van der Waals surface area contributed by atoms with Crippen LogP contribution in [0.4, 0.5) is 5.69 Å². The van der Waals surface area contributed by atoms with E-state index in [9.17, 15) is 59.7 Å². The Morgan fingerprint density at radius 3 is 1.89 bits per heavy atom. The number of Topliss-reactive ketones (excluding diaryl/α,β-unsaturated/α-hetero) is 3. The summed E-state index contributed by atoms with van der Waals surface area (Å²) in [4.78, 5) is 114. The first-order valence-corrected chi connectivity index (χ1v) is 37.8. The summed E-state index contributed by atoms with van der Waals surface area (Å²) >= 11 is 0. The Bertz CT molecular complexity index is 3580. The minimum Gasteiger partial charge on any atom is -0.456 e. The molecule has 0 aromatic heterocycles. The molecule has 0 radical (unpaired) electrons. The lowest BCUT2D eigenvalue weighted by atomic mass is 9.87. The van der Waals surface area contributed by atoms with Gasteiger partial charge in [-0.05, 0) is 126 Å². The van der Waals surface area contributed by atoms with Crippen LogP contribution in [-0.2, 0) is 53.5 Å². The van der Waals surface area contributed by atoms with Gasteiger partial charge in [0.25, 0.3) is 16.0 Å². The molecule has 1 saturated heterocycles. The Labute approximate surface area is 563 Å². The van der Waals surface area contributed by atoms with Crippen LogP contribution in [0.5, 0.6) is 0 Å². The van der Waals surface area contributed by atoms with Crippen molar-refractivity contribution in [1.82, 2.24) is 30.3 Å². The predicted octanol–water partition coefficient (Wildman–Crippen LogP) is 9.44. The summed E-state index contributed by atoms with van der Waals surface area (Å²) < 4.78 is 66.2. The smallest absolute Gasteiger partial charge is 0.267 e. The zero-order valence-electron chi connectivity index (χ0n) is 58.0. The normalized spacial score (nSPS) is 14.3. The van der Waals surface area contributed by atoms with Gasteiger partial charge in [-0.2, -0.15) is 8.42 Å². The molecule has 2 aromatic rings. The standard InChI is InChI=1S/C72H105N7O14S2/c1-12-76(13-2)54-29-31-60-65(46-54)93-66-47-55(77(14-3)15-4)30-32-61(66)69(60)58-25-19-20-26-59(58)72(87)79-38-36-78(37-39-79)68(84)28-22-21-27-67(83)74-63(48-95(90,91)92)71(86)73-35-33-56(80)23-17-16-18-24-57(81)45-53(42-50(7)8)70(85)75-62(43-51(9)10)64(82)44-52(41-49(5)6)34-40-94(11,88)89/h19-20,25-26,29-32,34,40,46-47,49-53,62-63H,12-18,21-24,27-28,33,35-39,41-45,48H2,1-11H3,(H3-,73,74,75,83,85,86,90,91,92)/p+1/b40-34+/t52-,53-,62+,63+/m1/s1. The largest absolute Gasteiger partial charge is 0.456 e. The first kappa shape index (κ1) is 78.6. The molecule has 0 spiro atoms. The summed E-state index contributed by atoms with van der Waals surface area (Å²) in [6.45, 7) is 24.6. The molecule has 2 heterocycles. The van der Waals surface area contributed by atoms with Crippen molar-refractivity contribution < 1.29 is 64.2 Å². The molecule has 5 amide bonds. The lowest BCUT2D eigenvalue weighted by Gasteiger charge is -2.35. The fraction of sp³-hybridized carbons (Fsp3) is 0.597. The molecule has 5 rings (SSSR count). The second-order valence-corrected chi connectivity index (χ2v) is 30.0. The maximum Gasteiger partial charge on any atom is 0.267 e. The van der Waals surface area contributed by atoms with Crippen LogP contribution in [0, 0.1) is 29.6 Å². The van der Waals surface area contributed by atoms with Gasteiger partial charge in [0.2, 0.25) is 29.0 Å². The number of rotatable bonds is 40. The third-order valence-corrected chi connectivity index (χ3v) is 18.7. The molecule has 0 unspecified atom stereocenters. The summed E-state index contributed by atoms with van der Waals surface area (Å²) in [5.41, 5.74) is 4.83. The maximum atomic E-state index is 14.6. The van der Waals surface area contributed by atoms with Crippen molar-refractivity contribution in [2.75, 3.05) is 75.8 Å². The number of allylic oxidation sites excluding steroid dienone is 1. The average molecular weight is 1360 g/mol. The van der Waals surface area contributed by atoms with E-state index < -0.39 is 55.5 Å². The maximum absolute atomic E-state index is 14.6. The van der Waals surface area contributed by atoms with Gasteiger partial charge in [0.15, 0.2) is 15.6 Å². The molecule has 21 nitrogen and oxygen atoms in total. The molecule has 4 N–H and O–H groups in total. The number of unbranched alkanes of at least 4 members (excludes halogenated alkanes) is 3. The number of benzene rings is 3. The number of carbonyl (C=O) groups excluding carboxylic acids is 8. The van der Waals surface area contributed by atoms with Gasteiger partial charge < -0.3 is 35.1 Å². The van der Waals surface area contributed by atoms with Gasteiger partial charge in [-0.3, -0.25) is 42.9 Å². The molecule has 95 heavy (non-hydrogen) atoms. The molecule has 23 heteroatoms. The van der Waals surface area contributed by atoms with Gasteiger partial charge in [-0.1, -0.05) is 72.2 Å². The monoisotopic (exact) mass is 1360 g/mol. The molecule has 0 bridgehead atoms. The Morgan fingerprint density at radius 1 is 0.653 bits per heavy atom. The number of hydrogen-bond donors (Lipinski definition) is 4. The van der Waals surface area contributed by atoms with Crippen molar-refractivity contribution in [1.29, 1.82) is 0 Å². The van der Waals surface area contributed by atoms with Crippen molar-refractivity contribution in [2.45, 2.75) is 178 Å². The van der Waals surface area contributed by atoms with Gasteiger partial charge in [-0.15, -0.1) is 0 Å². The number of hydrogen-bond acceptors (Lipinski definition) is 14. The van der Waals surface area contributed by atoms with Crippen molar-refractivity contribution in [3.05, 3.63) is 83.1 Å². The van der Waals surface area contributed by atoms with E-state index in [2.05, 4.69) is 89.5 Å². The summed E-state index contributed by atoms with van der Waals surface area (Å²) in [5, 5.41) is 10.8. The van der Waals surface area contributed by atoms with Crippen LogP contribution < -0.4 is 30.8 Å². The number of nitrogens with one attached hydrogen (secondary N) is 3. The van der Waals surface area contributed by atoms with E-state index in [4.69, 9.17) is 4.42 Å². The molecular weight excluding hydrogens is 1250 g/mol. The topological polar surface area (TPSA) is 287 Å². The van der Waals surface area contributed by atoms with Crippen LogP contribution in [0.1, 0.15) is 176 Å². The highest BCUT2D eigenvalue weighted by atomic mass is 32.2. The quantitative estimate of drug-likeness (QED) is 0.0140. The minimum atomic E-state index is -4.73. The number of ketones is 3. The van der Waals surface area contributed by atoms with E-state index in [1.54, 1.807) is 15.9 Å². The van der Waals surface area contributed by atoms with Gasteiger partial charge in [0.05, 0.1) is 12.1 Å². The number of carbonyl (C=O) groups is 8. The summed E-state index contributed by atoms with van der Waals surface area (Å²) in [6.07, 6.45) is 6.32. The molecule has 3 aliphatic rings. The zero-order valence-corrected chi connectivity index (χ0v) is 59.6. The van der Waals surface area contributed by atoms with Crippen molar-refractivity contribution in [3.8, 4) is 22.5 Å². The van der Waals surface area contributed by atoms with Gasteiger partial charge in [0, 0.05) is 148 Å². The van der Waals surface area contributed by atoms with Crippen LogP contribution in [0.3, 0.4) is 0 Å². The Hall–Kier alpha value is -7.11. The van der Waals surface area contributed by atoms with Crippen LogP contribution >= 0.6 is 0 Å². The lowest BCUT2D eigenvalue weighted by molar-refractivity contribution is -0.133. The number of fused-ring (bicyclic) bond motifs is 2. The molecule has 524 valence electrons. The summed E-state index contributed by atoms with van der Waals surface area (Å²) in [6, 6.07) is 17.6. The van der Waals surface area contributed by atoms with Gasteiger partial charge >= 0.3 is 0 Å². The number of anilines is 1. The number of sulfone groups is 1. The van der Waals surface area contributed by atoms with Crippen LogP contribution in [-0.4, -0.2) is 161 Å². The predicted molar refractivity (Wildman–Crippen MR) is 374 cm³/mol. The third kappa shape index (κ3) is 25.8. The molecule has 2 aliphatic heterocycles. The minimum absolute atomic E-state index is 0.0103. The molecular formula is C72H106N7O14S2+. The van der Waals surface area contributed by atoms with Crippen molar-refractivity contribution >= 4 is 83.5 Å². The van der Waals surface area contributed by atoms with Crippen molar-refractivity contribution in [3.63, 3.8) is 0 Å². The second kappa shape index (κ2) is 38.0. The highest BCUT2D eigenvalue weighted by Gasteiger charge is 2.32. The molecule has 1 fully saturated rings. The lowest BCUT2D eigenvalue weighted by Crippen LogP contribution is -2.50. The Morgan fingerprint density at radius 2 is 1.27 bits per heavy atom. The second-order valence-electron chi connectivity index (χ2n) is 26.6. The SMILES string of the molecule is CCN(CC)c1ccc2c(-c3ccccc3C(=O)N3CCN(C(=O)CCCCC(=O)N[C@@H](CS(=O)(=O)O)C(=O)NCCC(=O)CCCCCC(=O)C[C@@H](CC(C)C)C(=O)N[C@@H](CC(C)C)C(=O)C[C@H](/C=C/S(C)(=O)=O)CC(C)C)CC3)c3ccc(=[N+](CC)CC)cc-3oc2c1. The fourth-order valence-electron chi connectivity index (χ4n) is 12.5. The number of amides is 5. The number of nitrogens with zero attached hydrogens (tertiary/aromatic N) is 4. The highest BCUT2D eigenvalue weighted by molar-refractivity contribution is 7.93. The van der Waals surface area contributed by atoms with Gasteiger partial charge in [-0.25, -0.2) is 13.0 Å². The third-order valence-electron chi connectivity index (χ3n) is 17.3. The molecule has 1 aliphatic carbocycles. The fourth-order valence-corrected chi connectivity index (χ4v) is 13.6. The Balaban J connectivity index is 1.05. The van der Waals surface area contributed by atoms with E-state index in [0.29, 0.717) is 88.0 Å². The van der Waals surface area contributed by atoms with E-state index in [1.165, 1.54) is 0 Å². The molecule has 4 atom stereocenters. The summed E-state index contributed by atoms with van der Waals surface area (Å²) in [7, 11) is -8.13. The van der Waals surface area contributed by atoms with Gasteiger partial charge in [0.1, 0.15) is 47.8 Å². The number of piperazine rings is 1. The van der Waals surface area contributed by atoms with Crippen LogP contribution in [0.15, 0.2) is 76.6 Å². The van der Waals surface area contributed by atoms with E-state index >= 15 is 0 Å². The Kier molecular flexibility index (Phi) is 31.4. The molecule has 0 saturated carbocycles. The summed E-state index contributed by atoms with van der Waals surface area (Å²) in [5.74, 6) is -3.80. The molecule has 2 aromatic carbocycles. The average Bonchev–Trinajstić information content (AvgIpc) is 0.745. The van der Waals surface area contributed by atoms with Crippen LogP contribution in [0.25, 0.3) is 33.4 Å². The first-order chi connectivity index (χ1) is 44.9. The van der Waals surface area contributed by atoms with E-state index in [0.717, 1.165) is 71.0 Å². The van der Waals surface area contributed by atoms with Crippen LogP contribution in [0.2, 0.25) is 0 Å².